The van der Waals surface area contributed by atoms with Gasteiger partial charge in [-0.05, 0) is 50.7 Å². The summed E-state index contributed by atoms with van der Waals surface area (Å²) in [6.45, 7) is 3.67. The standard InChI is InChI=1S/C29H35N3O4S/c1-4-31(19-22-13-9-6-10-14-22)27(33)20-37-29-30-24-18-26(36-3)25(35-2)17-23(24)28(34)32(29)16-15-21-11-7-5-8-12-21/h6,9-11,13-14,17-18H,4-5,7-8,12,15-16,19-20H2,1-3H3. The van der Waals surface area contributed by atoms with Crippen LogP contribution in [0, 0.1) is 0 Å². The normalized spacial score (nSPS) is 13.3. The molecule has 0 N–H and O–H groups in total. The lowest BCUT2D eigenvalue weighted by Gasteiger charge is -2.21. The molecule has 0 atom stereocenters. The third kappa shape index (κ3) is 6.55. The SMILES string of the molecule is CCN(Cc1ccccc1)C(=O)CSc1nc2cc(OC)c(OC)cc2c(=O)n1CCC1=CCCCC1. The maximum atomic E-state index is 13.7. The summed E-state index contributed by atoms with van der Waals surface area (Å²) >= 11 is 1.32. The molecule has 0 fully saturated rings. The van der Waals surface area contributed by atoms with E-state index in [4.69, 9.17) is 14.5 Å². The zero-order valence-electron chi connectivity index (χ0n) is 21.9. The highest BCUT2D eigenvalue weighted by Crippen LogP contribution is 2.31. The second-order valence-corrected chi connectivity index (χ2v) is 10.1. The molecule has 8 heteroatoms. The zero-order chi connectivity index (χ0) is 26.2. The molecule has 37 heavy (non-hydrogen) atoms. The fourth-order valence-electron chi connectivity index (χ4n) is 4.62. The fourth-order valence-corrected chi connectivity index (χ4v) is 5.55. The number of nitrogens with zero attached hydrogens (tertiary/aromatic N) is 3. The molecule has 0 saturated heterocycles. The van der Waals surface area contributed by atoms with Crippen LogP contribution in [0.3, 0.4) is 0 Å². The molecule has 0 spiro atoms. The maximum Gasteiger partial charge on any atom is 0.262 e. The van der Waals surface area contributed by atoms with Crippen LogP contribution < -0.4 is 15.0 Å². The van der Waals surface area contributed by atoms with Crippen molar-refractivity contribution in [3.63, 3.8) is 0 Å². The second kappa shape index (κ2) is 12.8. The Labute approximate surface area is 222 Å². The summed E-state index contributed by atoms with van der Waals surface area (Å²) in [6.07, 6.45) is 7.70. The van der Waals surface area contributed by atoms with E-state index in [-0.39, 0.29) is 17.2 Å². The number of allylic oxidation sites excluding steroid dienone is 2. The van der Waals surface area contributed by atoms with E-state index < -0.39 is 0 Å². The summed E-state index contributed by atoms with van der Waals surface area (Å²) < 4.78 is 12.6. The van der Waals surface area contributed by atoms with Crippen molar-refractivity contribution < 1.29 is 14.3 Å². The predicted octanol–water partition coefficient (Wildman–Crippen LogP) is 5.45. The summed E-state index contributed by atoms with van der Waals surface area (Å²) in [5.41, 5.74) is 2.87. The number of benzene rings is 2. The summed E-state index contributed by atoms with van der Waals surface area (Å²) in [5.74, 6) is 1.22. The quantitative estimate of drug-likeness (QED) is 0.190. The van der Waals surface area contributed by atoms with Gasteiger partial charge in [0, 0.05) is 25.7 Å². The average molecular weight is 522 g/mol. The lowest BCUT2D eigenvalue weighted by atomic mass is 9.97. The van der Waals surface area contributed by atoms with Gasteiger partial charge in [-0.2, -0.15) is 0 Å². The highest BCUT2D eigenvalue weighted by Gasteiger charge is 2.19. The van der Waals surface area contributed by atoms with Crippen LogP contribution in [0.5, 0.6) is 11.5 Å². The van der Waals surface area contributed by atoms with Gasteiger partial charge in [-0.1, -0.05) is 53.7 Å². The molecule has 2 aromatic carbocycles. The van der Waals surface area contributed by atoms with Crippen molar-refractivity contribution in [2.75, 3.05) is 26.5 Å². The van der Waals surface area contributed by atoms with E-state index in [1.807, 2.05) is 42.2 Å². The van der Waals surface area contributed by atoms with Crippen LogP contribution in [0.2, 0.25) is 0 Å². The van der Waals surface area contributed by atoms with Gasteiger partial charge in [0.1, 0.15) is 0 Å². The number of carbonyl (C=O) groups excluding carboxylic acids is 1. The van der Waals surface area contributed by atoms with E-state index in [2.05, 4.69) is 6.08 Å². The topological polar surface area (TPSA) is 73.7 Å². The van der Waals surface area contributed by atoms with E-state index in [1.165, 1.54) is 30.2 Å². The van der Waals surface area contributed by atoms with Crippen LogP contribution >= 0.6 is 11.8 Å². The largest absolute Gasteiger partial charge is 0.493 e. The molecule has 4 rings (SSSR count). The molecule has 1 aromatic heterocycles. The molecule has 0 saturated carbocycles. The minimum absolute atomic E-state index is 0.0135. The van der Waals surface area contributed by atoms with Crippen molar-refractivity contribution >= 4 is 28.6 Å². The van der Waals surface area contributed by atoms with Gasteiger partial charge < -0.3 is 14.4 Å². The average Bonchev–Trinajstić information content (AvgIpc) is 2.94. The lowest BCUT2D eigenvalue weighted by molar-refractivity contribution is -0.128. The molecule has 1 aliphatic rings. The molecule has 7 nitrogen and oxygen atoms in total. The van der Waals surface area contributed by atoms with Gasteiger partial charge in [-0.25, -0.2) is 4.98 Å². The van der Waals surface area contributed by atoms with Crippen molar-refractivity contribution in [2.45, 2.75) is 57.3 Å². The first-order chi connectivity index (χ1) is 18.0. The lowest BCUT2D eigenvalue weighted by Crippen LogP contribution is -2.32. The highest BCUT2D eigenvalue weighted by atomic mass is 32.2. The Morgan fingerprint density at radius 3 is 2.54 bits per heavy atom. The zero-order valence-corrected chi connectivity index (χ0v) is 22.7. The Morgan fingerprint density at radius 2 is 1.86 bits per heavy atom. The molecule has 1 amide bonds. The number of ether oxygens (including phenoxy) is 2. The van der Waals surface area contributed by atoms with E-state index in [9.17, 15) is 9.59 Å². The first-order valence-electron chi connectivity index (χ1n) is 12.8. The second-order valence-electron chi connectivity index (χ2n) is 9.12. The Hall–Kier alpha value is -3.26. The Kier molecular flexibility index (Phi) is 9.28. The first kappa shape index (κ1) is 26.8. The van der Waals surface area contributed by atoms with Crippen LogP contribution in [0.25, 0.3) is 10.9 Å². The van der Waals surface area contributed by atoms with Crippen LogP contribution in [0.1, 0.15) is 44.6 Å². The number of hydrogen-bond acceptors (Lipinski definition) is 6. The number of hydrogen-bond donors (Lipinski definition) is 0. The summed E-state index contributed by atoms with van der Waals surface area (Å²) in [5, 5.41) is 1.02. The molecular formula is C29H35N3O4S. The van der Waals surface area contributed by atoms with Crippen LogP contribution in [0.4, 0.5) is 0 Å². The number of amides is 1. The van der Waals surface area contributed by atoms with Crippen LogP contribution in [0.15, 0.2) is 64.1 Å². The Bertz CT molecular complexity index is 1320. The summed E-state index contributed by atoms with van der Waals surface area (Å²) in [4.78, 5) is 33.5. The molecule has 196 valence electrons. The predicted molar refractivity (Wildman–Crippen MR) is 149 cm³/mol. The molecule has 0 radical (unpaired) electrons. The van der Waals surface area contributed by atoms with E-state index in [1.54, 1.807) is 30.9 Å². The van der Waals surface area contributed by atoms with E-state index >= 15 is 0 Å². The van der Waals surface area contributed by atoms with Crippen molar-refractivity contribution in [1.82, 2.24) is 14.5 Å². The fraction of sp³-hybridized carbons (Fsp3) is 0.414. The molecule has 0 unspecified atom stereocenters. The number of aromatic nitrogens is 2. The molecular weight excluding hydrogens is 486 g/mol. The van der Waals surface area contributed by atoms with E-state index in [0.29, 0.717) is 47.2 Å². The van der Waals surface area contributed by atoms with Gasteiger partial charge in [0.2, 0.25) is 5.91 Å². The van der Waals surface area contributed by atoms with Crippen molar-refractivity contribution in [3.05, 3.63) is 70.0 Å². The number of methoxy groups -OCH3 is 2. The van der Waals surface area contributed by atoms with Gasteiger partial charge in [0.15, 0.2) is 16.7 Å². The van der Waals surface area contributed by atoms with Gasteiger partial charge in [-0.3, -0.25) is 14.2 Å². The van der Waals surface area contributed by atoms with Gasteiger partial charge in [-0.15, -0.1) is 0 Å². The highest BCUT2D eigenvalue weighted by molar-refractivity contribution is 7.99. The Morgan fingerprint density at radius 1 is 1.11 bits per heavy atom. The smallest absolute Gasteiger partial charge is 0.262 e. The van der Waals surface area contributed by atoms with E-state index in [0.717, 1.165) is 24.8 Å². The first-order valence-corrected chi connectivity index (χ1v) is 13.8. The van der Waals surface area contributed by atoms with Crippen LogP contribution in [-0.2, 0) is 17.9 Å². The minimum Gasteiger partial charge on any atom is -0.493 e. The number of thioether (sulfide) groups is 1. The monoisotopic (exact) mass is 521 g/mol. The van der Waals surface area contributed by atoms with Gasteiger partial charge in [0.25, 0.3) is 5.56 Å². The maximum absolute atomic E-state index is 13.7. The van der Waals surface area contributed by atoms with Gasteiger partial charge >= 0.3 is 0 Å². The molecule has 1 heterocycles. The van der Waals surface area contributed by atoms with Crippen molar-refractivity contribution in [2.24, 2.45) is 0 Å². The molecule has 3 aromatic rings. The number of rotatable bonds is 11. The molecule has 0 aliphatic heterocycles. The summed E-state index contributed by atoms with van der Waals surface area (Å²) in [7, 11) is 3.11. The summed E-state index contributed by atoms with van der Waals surface area (Å²) in [6, 6.07) is 13.4. The third-order valence-electron chi connectivity index (χ3n) is 6.74. The third-order valence-corrected chi connectivity index (χ3v) is 7.70. The molecule has 1 aliphatic carbocycles. The number of fused-ring (bicyclic) bond motifs is 1. The molecule has 0 bridgehead atoms. The number of carbonyl (C=O) groups is 1. The van der Waals surface area contributed by atoms with Gasteiger partial charge in [0.05, 0.1) is 30.9 Å². The van der Waals surface area contributed by atoms with Crippen LogP contribution in [-0.4, -0.2) is 46.9 Å². The minimum atomic E-state index is -0.131. The Balaban J connectivity index is 1.62. The van der Waals surface area contributed by atoms with Crippen molar-refractivity contribution in [1.29, 1.82) is 0 Å². The van der Waals surface area contributed by atoms with Crippen molar-refractivity contribution in [3.8, 4) is 11.5 Å².